The zero-order valence-electron chi connectivity index (χ0n) is 15.0. The largest absolute Gasteiger partial charge is 0.330 e. The number of hydrogen-bond donors (Lipinski definition) is 3. The van der Waals surface area contributed by atoms with E-state index in [-0.39, 0.29) is 11.0 Å². The predicted molar refractivity (Wildman–Crippen MR) is 123 cm³/mol. The average molecular weight is 439 g/mol. The molecule has 4 aromatic rings. The second-order valence-corrected chi connectivity index (χ2v) is 7.92. The van der Waals surface area contributed by atoms with Gasteiger partial charge in [0.15, 0.2) is 5.11 Å². The number of para-hydroxylation sites is 2. The van der Waals surface area contributed by atoms with Gasteiger partial charge >= 0.3 is 0 Å². The van der Waals surface area contributed by atoms with E-state index < -0.39 is 0 Å². The van der Waals surface area contributed by atoms with Gasteiger partial charge in [-0.25, -0.2) is 4.98 Å². The Labute approximate surface area is 181 Å². The molecule has 5 nitrogen and oxygen atoms in total. The number of halogens is 1. The van der Waals surface area contributed by atoms with Crippen LogP contribution in [0.3, 0.4) is 0 Å². The molecule has 3 N–H and O–H groups in total. The molecule has 0 atom stereocenters. The van der Waals surface area contributed by atoms with Crippen molar-refractivity contribution in [3.05, 3.63) is 83.4 Å². The highest BCUT2D eigenvalue weighted by atomic mass is 35.5. The summed E-state index contributed by atoms with van der Waals surface area (Å²) in [5.41, 5.74) is 8.33. The van der Waals surface area contributed by atoms with Crippen molar-refractivity contribution in [3.63, 3.8) is 0 Å². The van der Waals surface area contributed by atoms with Crippen molar-refractivity contribution < 1.29 is 4.79 Å². The normalized spacial score (nSPS) is 10.5. The number of fused-ring (bicyclic) bond motifs is 1. The summed E-state index contributed by atoms with van der Waals surface area (Å²) in [6.45, 7) is 0. The maximum absolute atomic E-state index is 12.4. The lowest BCUT2D eigenvalue weighted by Crippen LogP contribution is -2.43. The number of amides is 1. The van der Waals surface area contributed by atoms with Crippen molar-refractivity contribution in [2.75, 3.05) is 5.32 Å². The molecular formula is C21H15ClN4OS2. The molecule has 0 saturated carbocycles. The van der Waals surface area contributed by atoms with Crippen LogP contribution < -0.4 is 16.2 Å². The van der Waals surface area contributed by atoms with E-state index in [4.69, 9.17) is 23.8 Å². The molecule has 0 aliphatic heterocycles. The van der Waals surface area contributed by atoms with E-state index in [0.717, 1.165) is 20.8 Å². The minimum atomic E-state index is -0.302. The van der Waals surface area contributed by atoms with E-state index in [0.29, 0.717) is 16.3 Å². The van der Waals surface area contributed by atoms with Crippen molar-refractivity contribution >= 4 is 62.1 Å². The molecule has 1 amide bonds. The summed E-state index contributed by atoms with van der Waals surface area (Å²) in [5, 5.41) is 4.61. The smallest absolute Gasteiger partial charge is 0.269 e. The highest BCUT2D eigenvalue weighted by molar-refractivity contribution is 7.80. The Morgan fingerprint density at radius 2 is 1.66 bits per heavy atom. The first kappa shape index (κ1) is 19.3. The fourth-order valence-electron chi connectivity index (χ4n) is 2.66. The van der Waals surface area contributed by atoms with Gasteiger partial charge in [0, 0.05) is 11.1 Å². The van der Waals surface area contributed by atoms with Crippen LogP contribution in [0.15, 0.2) is 72.8 Å². The van der Waals surface area contributed by atoms with Crippen LogP contribution in [0, 0.1) is 0 Å². The van der Waals surface area contributed by atoms with Crippen LogP contribution >= 0.6 is 35.2 Å². The number of anilines is 1. The number of nitrogens with one attached hydrogen (secondary N) is 3. The fraction of sp³-hybridized carbons (Fsp3) is 0. The molecule has 144 valence electrons. The molecule has 0 bridgehead atoms. The van der Waals surface area contributed by atoms with Gasteiger partial charge in [-0.3, -0.25) is 15.6 Å². The van der Waals surface area contributed by atoms with Crippen LogP contribution in [-0.2, 0) is 0 Å². The summed E-state index contributed by atoms with van der Waals surface area (Å²) >= 11 is 12.9. The van der Waals surface area contributed by atoms with Gasteiger partial charge in [0.25, 0.3) is 5.91 Å². The molecule has 0 radical (unpaired) electrons. The Morgan fingerprint density at radius 3 is 2.41 bits per heavy atom. The summed E-state index contributed by atoms with van der Waals surface area (Å²) in [7, 11) is 0. The van der Waals surface area contributed by atoms with Gasteiger partial charge in [-0.05, 0) is 48.6 Å². The van der Waals surface area contributed by atoms with Gasteiger partial charge in [-0.2, -0.15) is 0 Å². The third kappa shape index (κ3) is 4.54. The van der Waals surface area contributed by atoms with Gasteiger partial charge in [0.2, 0.25) is 0 Å². The molecule has 0 aliphatic carbocycles. The van der Waals surface area contributed by atoms with Crippen molar-refractivity contribution in [3.8, 4) is 10.6 Å². The molecule has 0 aliphatic rings. The fourth-order valence-corrected chi connectivity index (χ4v) is 3.98. The Morgan fingerprint density at radius 1 is 0.931 bits per heavy atom. The molecule has 1 heterocycles. The predicted octanol–water partition coefficient (Wildman–Crippen LogP) is 5.25. The summed E-state index contributed by atoms with van der Waals surface area (Å²) < 4.78 is 1.13. The van der Waals surface area contributed by atoms with Gasteiger partial charge in [0.1, 0.15) is 5.01 Å². The van der Waals surface area contributed by atoms with E-state index in [9.17, 15) is 4.79 Å². The lowest BCUT2D eigenvalue weighted by Gasteiger charge is -2.12. The monoisotopic (exact) mass is 438 g/mol. The third-order valence-corrected chi connectivity index (χ3v) is 5.72. The van der Waals surface area contributed by atoms with Crippen LogP contribution in [0.5, 0.6) is 0 Å². The standard InChI is InChI=1S/C21H15ClN4OS2/c22-15-5-1-2-6-16(15)24-21(28)26-25-19(27)13-9-11-14(12-10-13)20-23-17-7-3-4-8-18(17)29-20/h1-12H,(H,25,27)(H2,24,26,28). The summed E-state index contributed by atoms with van der Waals surface area (Å²) in [4.78, 5) is 17.0. The number of nitrogens with zero attached hydrogens (tertiary/aromatic N) is 1. The number of rotatable bonds is 3. The van der Waals surface area contributed by atoms with Crippen LogP contribution in [0.25, 0.3) is 20.8 Å². The van der Waals surface area contributed by atoms with E-state index in [1.54, 1.807) is 35.6 Å². The molecule has 0 fully saturated rings. The lowest BCUT2D eigenvalue weighted by atomic mass is 10.1. The minimum Gasteiger partial charge on any atom is -0.330 e. The summed E-state index contributed by atoms with van der Waals surface area (Å²) in [6.07, 6.45) is 0. The third-order valence-electron chi connectivity index (χ3n) is 4.10. The summed E-state index contributed by atoms with van der Waals surface area (Å²) in [5.74, 6) is -0.302. The van der Waals surface area contributed by atoms with Crippen molar-refractivity contribution in [2.24, 2.45) is 0 Å². The Hall–Kier alpha value is -3.00. The number of hydrazine groups is 1. The first-order valence-electron chi connectivity index (χ1n) is 8.68. The first-order valence-corrected chi connectivity index (χ1v) is 10.3. The summed E-state index contributed by atoms with van der Waals surface area (Å²) in [6, 6.07) is 22.5. The van der Waals surface area contributed by atoms with Gasteiger partial charge in [-0.1, -0.05) is 48.0 Å². The quantitative estimate of drug-likeness (QED) is 0.301. The minimum absolute atomic E-state index is 0.234. The van der Waals surface area contributed by atoms with Crippen LogP contribution in [0.4, 0.5) is 5.69 Å². The highest BCUT2D eigenvalue weighted by Crippen LogP contribution is 2.30. The zero-order valence-corrected chi connectivity index (χ0v) is 17.4. The molecule has 0 spiro atoms. The maximum atomic E-state index is 12.4. The molecule has 3 aromatic carbocycles. The number of thiazole rings is 1. The topological polar surface area (TPSA) is 66.1 Å². The Balaban J connectivity index is 1.38. The van der Waals surface area contributed by atoms with Crippen molar-refractivity contribution in [1.29, 1.82) is 0 Å². The van der Waals surface area contributed by atoms with Gasteiger partial charge < -0.3 is 5.32 Å². The number of carbonyl (C=O) groups is 1. The number of aromatic nitrogens is 1. The van der Waals surface area contributed by atoms with E-state index in [1.165, 1.54) is 0 Å². The van der Waals surface area contributed by atoms with E-state index >= 15 is 0 Å². The van der Waals surface area contributed by atoms with Crippen LogP contribution in [-0.4, -0.2) is 16.0 Å². The van der Waals surface area contributed by atoms with E-state index in [2.05, 4.69) is 21.2 Å². The lowest BCUT2D eigenvalue weighted by molar-refractivity contribution is 0.0944. The molecular weight excluding hydrogens is 424 g/mol. The average Bonchev–Trinajstić information content (AvgIpc) is 3.18. The van der Waals surface area contributed by atoms with Crippen LogP contribution in [0.1, 0.15) is 10.4 Å². The van der Waals surface area contributed by atoms with E-state index in [1.807, 2.05) is 48.5 Å². The Bertz CT molecular complexity index is 1160. The Kier molecular flexibility index (Phi) is 5.71. The molecule has 4 rings (SSSR count). The second-order valence-electron chi connectivity index (χ2n) is 6.08. The van der Waals surface area contributed by atoms with Crippen LogP contribution in [0.2, 0.25) is 5.02 Å². The van der Waals surface area contributed by atoms with Crippen molar-refractivity contribution in [2.45, 2.75) is 0 Å². The first-order chi connectivity index (χ1) is 14.1. The number of thiocarbonyl (C=S) groups is 1. The molecule has 29 heavy (non-hydrogen) atoms. The molecule has 1 aromatic heterocycles. The highest BCUT2D eigenvalue weighted by Gasteiger charge is 2.09. The number of benzene rings is 3. The van der Waals surface area contributed by atoms with Gasteiger partial charge in [-0.15, -0.1) is 11.3 Å². The zero-order chi connectivity index (χ0) is 20.2. The number of hydrogen-bond acceptors (Lipinski definition) is 4. The SMILES string of the molecule is O=C(NNC(=S)Nc1ccccc1Cl)c1ccc(-c2nc3ccccc3s2)cc1. The van der Waals surface area contributed by atoms with Crippen molar-refractivity contribution in [1.82, 2.24) is 15.8 Å². The van der Waals surface area contributed by atoms with Gasteiger partial charge in [0.05, 0.1) is 20.9 Å². The molecule has 8 heteroatoms. The molecule has 0 saturated heterocycles. The second kappa shape index (κ2) is 8.57. The molecule has 0 unspecified atom stereocenters. The number of carbonyl (C=O) groups excluding carboxylic acids is 1. The maximum Gasteiger partial charge on any atom is 0.269 e.